The lowest BCUT2D eigenvalue weighted by molar-refractivity contribution is -0.383. The first-order valence-corrected chi connectivity index (χ1v) is 7.85. The third-order valence-electron chi connectivity index (χ3n) is 2.59. The number of sulfonamides is 1. The van der Waals surface area contributed by atoms with Gasteiger partial charge in [-0.1, -0.05) is 11.3 Å². The molecule has 0 saturated heterocycles. The SMILES string of the molecule is Cc1nc(CN(C)S(=O)(=O)c2cc([N+](=O)[O-])c(N)s2)n[nH]1. The zero-order chi connectivity index (χ0) is 15.8. The van der Waals surface area contributed by atoms with E-state index in [1.165, 1.54) is 7.05 Å². The number of anilines is 1. The van der Waals surface area contributed by atoms with E-state index >= 15 is 0 Å². The molecule has 2 heterocycles. The normalized spacial score (nSPS) is 12.0. The van der Waals surface area contributed by atoms with Crippen molar-refractivity contribution in [1.29, 1.82) is 0 Å². The summed E-state index contributed by atoms with van der Waals surface area (Å²) in [6, 6.07) is 0.953. The first-order chi connectivity index (χ1) is 9.71. The van der Waals surface area contributed by atoms with Crippen LogP contribution in [0.15, 0.2) is 10.3 Å². The van der Waals surface area contributed by atoms with E-state index in [4.69, 9.17) is 5.73 Å². The number of nitrogen functional groups attached to an aromatic ring is 1. The predicted molar refractivity (Wildman–Crippen MR) is 75.2 cm³/mol. The molecule has 114 valence electrons. The fourth-order valence-corrected chi connectivity index (χ4v) is 4.09. The Hall–Kier alpha value is -2.05. The van der Waals surface area contributed by atoms with E-state index in [1.807, 2.05) is 0 Å². The quantitative estimate of drug-likeness (QED) is 0.597. The van der Waals surface area contributed by atoms with Crippen molar-refractivity contribution in [2.24, 2.45) is 0 Å². The summed E-state index contributed by atoms with van der Waals surface area (Å²) in [5.74, 6) is 0.865. The second-order valence-corrected chi connectivity index (χ2v) is 7.53. The summed E-state index contributed by atoms with van der Waals surface area (Å²) in [7, 11) is -2.55. The van der Waals surface area contributed by atoms with Crippen LogP contribution in [0.3, 0.4) is 0 Å². The number of nitrogens with one attached hydrogen (secondary N) is 1. The number of aryl methyl sites for hydroxylation is 1. The second-order valence-electron chi connectivity index (χ2n) is 4.17. The van der Waals surface area contributed by atoms with Gasteiger partial charge in [0.05, 0.1) is 11.5 Å². The molecule has 2 aromatic heterocycles. The van der Waals surface area contributed by atoms with Gasteiger partial charge in [0.15, 0.2) is 10.8 Å². The van der Waals surface area contributed by atoms with Crippen molar-refractivity contribution in [3.63, 3.8) is 0 Å². The van der Waals surface area contributed by atoms with Crippen LogP contribution in [0.1, 0.15) is 11.6 Å². The number of H-pyrrole nitrogens is 1. The molecule has 0 fully saturated rings. The van der Waals surface area contributed by atoms with Crippen molar-refractivity contribution < 1.29 is 13.3 Å². The molecule has 0 unspecified atom stereocenters. The monoisotopic (exact) mass is 332 g/mol. The highest BCUT2D eigenvalue weighted by Gasteiger charge is 2.28. The van der Waals surface area contributed by atoms with Crippen LogP contribution in [0.25, 0.3) is 0 Å². The smallest absolute Gasteiger partial charge is 0.304 e. The minimum Gasteiger partial charge on any atom is -0.385 e. The van der Waals surface area contributed by atoms with Crippen LogP contribution in [0.5, 0.6) is 0 Å². The van der Waals surface area contributed by atoms with E-state index in [0.717, 1.165) is 10.4 Å². The van der Waals surface area contributed by atoms with Crippen molar-refractivity contribution in [1.82, 2.24) is 19.5 Å². The minimum absolute atomic E-state index is 0.0573. The van der Waals surface area contributed by atoms with E-state index in [1.54, 1.807) is 6.92 Å². The van der Waals surface area contributed by atoms with E-state index in [9.17, 15) is 18.5 Å². The first-order valence-electron chi connectivity index (χ1n) is 5.59. The average molecular weight is 332 g/mol. The van der Waals surface area contributed by atoms with Gasteiger partial charge in [0.2, 0.25) is 0 Å². The highest BCUT2D eigenvalue weighted by Crippen LogP contribution is 2.35. The van der Waals surface area contributed by atoms with Gasteiger partial charge in [0.1, 0.15) is 10.0 Å². The summed E-state index contributed by atoms with van der Waals surface area (Å²) >= 11 is 0.652. The largest absolute Gasteiger partial charge is 0.385 e. The second kappa shape index (κ2) is 5.38. The molecule has 3 N–H and O–H groups in total. The van der Waals surface area contributed by atoms with Gasteiger partial charge in [-0.2, -0.15) is 9.40 Å². The number of thiophene rings is 1. The van der Waals surface area contributed by atoms with Crippen molar-refractivity contribution in [2.75, 3.05) is 12.8 Å². The fraction of sp³-hybridized carbons (Fsp3) is 0.333. The number of hydrogen-bond donors (Lipinski definition) is 2. The van der Waals surface area contributed by atoms with Crippen LogP contribution < -0.4 is 5.73 Å². The lowest BCUT2D eigenvalue weighted by Crippen LogP contribution is -2.26. The molecular formula is C9H12N6O4S2. The summed E-state index contributed by atoms with van der Waals surface area (Å²) < 4.78 is 25.5. The number of hydrogen-bond acceptors (Lipinski definition) is 8. The van der Waals surface area contributed by atoms with E-state index in [0.29, 0.717) is 23.0 Å². The zero-order valence-electron chi connectivity index (χ0n) is 11.1. The standard InChI is InChI=1S/C9H12N6O4S2/c1-5-11-7(13-12-5)4-14(2)21(18,19)8-3-6(15(16)17)9(10)20-8/h3H,4,10H2,1-2H3,(H,11,12,13). The predicted octanol–water partition coefficient (Wildman–Crippen LogP) is 0.486. The van der Waals surface area contributed by atoms with Gasteiger partial charge in [-0.3, -0.25) is 15.2 Å². The molecule has 2 rings (SSSR count). The molecule has 0 aliphatic carbocycles. The van der Waals surface area contributed by atoms with Gasteiger partial charge < -0.3 is 5.73 Å². The van der Waals surface area contributed by atoms with Crippen LogP contribution in [-0.4, -0.2) is 39.9 Å². The van der Waals surface area contributed by atoms with Gasteiger partial charge in [0.25, 0.3) is 10.0 Å². The van der Waals surface area contributed by atoms with Crippen molar-refractivity contribution in [3.05, 3.63) is 27.8 Å². The van der Waals surface area contributed by atoms with Crippen molar-refractivity contribution >= 4 is 32.0 Å². The van der Waals surface area contributed by atoms with Gasteiger partial charge in [0, 0.05) is 13.1 Å². The Morgan fingerprint density at radius 1 is 1.57 bits per heavy atom. The van der Waals surface area contributed by atoms with E-state index in [-0.39, 0.29) is 15.8 Å². The summed E-state index contributed by atoms with van der Waals surface area (Å²) in [5.41, 5.74) is 5.04. The molecule has 10 nitrogen and oxygen atoms in total. The maximum atomic E-state index is 12.3. The zero-order valence-corrected chi connectivity index (χ0v) is 12.7. The van der Waals surface area contributed by atoms with Gasteiger partial charge in [-0.25, -0.2) is 13.4 Å². The number of nitro groups is 1. The van der Waals surface area contributed by atoms with Crippen LogP contribution in [0, 0.1) is 17.0 Å². The molecule has 0 aromatic carbocycles. The van der Waals surface area contributed by atoms with Crippen molar-refractivity contribution in [2.45, 2.75) is 17.7 Å². The summed E-state index contributed by atoms with van der Waals surface area (Å²) in [6.07, 6.45) is 0. The highest BCUT2D eigenvalue weighted by atomic mass is 32.2. The first kappa shape index (κ1) is 15.3. The number of aromatic amines is 1. The molecule has 12 heteroatoms. The third-order valence-corrected chi connectivity index (χ3v) is 5.79. The molecule has 0 atom stereocenters. The Morgan fingerprint density at radius 2 is 2.24 bits per heavy atom. The number of rotatable bonds is 5. The van der Waals surface area contributed by atoms with E-state index in [2.05, 4.69) is 15.2 Å². The Bertz CT molecular complexity index is 780. The number of nitrogens with zero attached hydrogens (tertiary/aromatic N) is 4. The van der Waals surface area contributed by atoms with Gasteiger partial charge >= 0.3 is 5.69 Å². The number of aromatic nitrogens is 3. The fourth-order valence-electron chi connectivity index (χ4n) is 1.54. The Morgan fingerprint density at radius 3 is 2.71 bits per heavy atom. The lowest BCUT2D eigenvalue weighted by Gasteiger charge is -2.13. The molecule has 0 aliphatic rings. The Kier molecular flexibility index (Phi) is 3.93. The topological polar surface area (TPSA) is 148 Å². The summed E-state index contributed by atoms with van der Waals surface area (Å²) in [5, 5.41) is 17.0. The molecule has 0 radical (unpaired) electrons. The minimum atomic E-state index is -3.89. The molecule has 2 aromatic rings. The summed E-state index contributed by atoms with van der Waals surface area (Å²) in [6.45, 7) is 1.63. The maximum absolute atomic E-state index is 12.3. The molecule has 0 amide bonds. The molecule has 0 saturated carbocycles. The lowest BCUT2D eigenvalue weighted by atomic mass is 10.5. The van der Waals surface area contributed by atoms with Crippen molar-refractivity contribution in [3.8, 4) is 0 Å². The van der Waals surface area contributed by atoms with Gasteiger partial charge in [-0.05, 0) is 6.92 Å². The molecule has 0 spiro atoms. The highest BCUT2D eigenvalue weighted by molar-refractivity contribution is 7.91. The van der Waals surface area contributed by atoms with Crippen LogP contribution in [0.2, 0.25) is 0 Å². The molecular weight excluding hydrogens is 320 g/mol. The number of nitrogens with two attached hydrogens (primary N) is 1. The van der Waals surface area contributed by atoms with Crippen LogP contribution in [0.4, 0.5) is 10.7 Å². The maximum Gasteiger partial charge on any atom is 0.304 e. The average Bonchev–Trinajstić information content (AvgIpc) is 2.95. The summed E-state index contributed by atoms with van der Waals surface area (Å²) in [4.78, 5) is 14.0. The molecule has 0 aliphatic heterocycles. The van der Waals surface area contributed by atoms with Crippen LogP contribution in [-0.2, 0) is 16.6 Å². The Labute approximate surface area is 123 Å². The van der Waals surface area contributed by atoms with Gasteiger partial charge in [-0.15, -0.1) is 0 Å². The van der Waals surface area contributed by atoms with E-state index < -0.39 is 20.6 Å². The Balaban J connectivity index is 2.28. The van der Waals surface area contributed by atoms with Crippen LogP contribution >= 0.6 is 11.3 Å². The third kappa shape index (κ3) is 3.01. The molecule has 0 bridgehead atoms. The molecule has 21 heavy (non-hydrogen) atoms.